The van der Waals surface area contributed by atoms with Gasteiger partial charge in [0.05, 0.1) is 23.2 Å². The SMILES string of the molecule is Cc1ccc2oc3c(c(=O)c2c1)C1(C(=O)N(Cc2ccccc2Cl)c2ccccc21)N(CCCO)C3=O. The average Bonchev–Trinajstić information content (AvgIpc) is 3.29. The van der Waals surface area contributed by atoms with Gasteiger partial charge in [0.15, 0.2) is 11.0 Å². The molecule has 2 amide bonds. The molecule has 2 aliphatic rings. The normalized spacial score (nSPS) is 18.2. The third-order valence-corrected chi connectivity index (χ3v) is 7.59. The largest absolute Gasteiger partial charge is 0.450 e. The van der Waals surface area contributed by atoms with E-state index in [4.69, 9.17) is 16.0 Å². The first kappa shape index (κ1) is 23.5. The molecular weight excluding hydrogens is 492 g/mol. The van der Waals surface area contributed by atoms with Crippen LogP contribution in [0.1, 0.15) is 39.2 Å². The average molecular weight is 515 g/mol. The zero-order valence-corrected chi connectivity index (χ0v) is 20.8. The Labute approximate surface area is 217 Å². The smallest absolute Gasteiger partial charge is 0.291 e. The summed E-state index contributed by atoms with van der Waals surface area (Å²) in [4.78, 5) is 45.5. The summed E-state index contributed by atoms with van der Waals surface area (Å²) in [6.07, 6.45) is 0.230. The zero-order valence-electron chi connectivity index (χ0n) is 20.0. The number of aryl methyl sites for hydroxylation is 1. The molecule has 3 heterocycles. The number of benzene rings is 3. The maximum absolute atomic E-state index is 14.6. The van der Waals surface area contributed by atoms with Gasteiger partial charge in [0.1, 0.15) is 5.58 Å². The van der Waals surface area contributed by atoms with Crippen LogP contribution in [0.25, 0.3) is 11.0 Å². The van der Waals surface area contributed by atoms with E-state index in [9.17, 15) is 19.5 Å². The Morgan fingerprint density at radius 3 is 2.54 bits per heavy atom. The highest BCUT2D eigenvalue weighted by molar-refractivity contribution is 6.31. The molecule has 0 fully saturated rings. The highest BCUT2D eigenvalue weighted by atomic mass is 35.5. The van der Waals surface area contributed by atoms with Crippen LogP contribution in [-0.4, -0.2) is 35.0 Å². The lowest BCUT2D eigenvalue weighted by Crippen LogP contribution is -2.53. The van der Waals surface area contributed by atoms with Crippen LogP contribution in [0, 0.1) is 6.92 Å². The molecule has 1 unspecified atom stereocenters. The number of hydrogen-bond acceptors (Lipinski definition) is 5. The minimum atomic E-state index is -1.71. The highest BCUT2D eigenvalue weighted by Crippen LogP contribution is 2.53. The molecule has 7 nitrogen and oxygen atoms in total. The molecule has 1 atom stereocenters. The first-order chi connectivity index (χ1) is 17.9. The van der Waals surface area contributed by atoms with Crippen molar-refractivity contribution in [3.8, 4) is 0 Å². The van der Waals surface area contributed by atoms with Crippen molar-refractivity contribution in [1.82, 2.24) is 4.90 Å². The number of carbonyl (C=O) groups excluding carboxylic acids is 2. The topological polar surface area (TPSA) is 91.1 Å². The Bertz CT molecular complexity index is 1660. The zero-order chi connectivity index (χ0) is 25.9. The Kier molecular flexibility index (Phi) is 5.44. The van der Waals surface area contributed by atoms with E-state index in [1.54, 1.807) is 47.4 Å². The fourth-order valence-electron chi connectivity index (χ4n) is 5.59. The summed E-state index contributed by atoms with van der Waals surface area (Å²) in [5.41, 5.74) is 0.884. The van der Waals surface area contributed by atoms with Crippen LogP contribution in [0.15, 0.2) is 75.9 Å². The van der Waals surface area contributed by atoms with Crippen molar-refractivity contribution in [2.24, 2.45) is 0 Å². The van der Waals surface area contributed by atoms with Gasteiger partial charge in [-0.05, 0) is 43.2 Å². The quantitative estimate of drug-likeness (QED) is 0.427. The van der Waals surface area contributed by atoms with E-state index >= 15 is 0 Å². The maximum Gasteiger partial charge on any atom is 0.291 e. The third-order valence-electron chi connectivity index (χ3n) is 7.22. The number of amides is 2. The summed E-state index contributed by atoms with van der Waals surface area (Å²) in [7, 11) is 0. The van der Waals surface area contributed by atoms with Crippen LogP contribution in [-0.2, 0) is 16.9 Å². The van der Waals surface area contributed by atoms with Crippen molar-refractivity contribution in [3.63, 3.8) is 0 Å². The molecule has 0 bridgehead atoms. The standard InChI is InChI=1S/C29H23ClN2O5/c1-17-11-12-23-19(15-17)25(34)24-26(37-23)27(35)32(13-6-14-33)29(24)20-8-3-5-10-22(20)31(28(29)36)16-18-7-2-4-9-21(18)30/h2-5,7-12,15,33H,6,13-14,16H2,1H3. The van der Waals surface area contributed by atoms with Gasteiger partial charge >= 0.3 is 0 Å². The summed E-state index contributed by atoms with van der Waals surface area (Å²) in [6.45, 7) is 1.90. The Morgan fingerprint density at radius 1 is 1.00 bits per heavy atom. The van der Waals surface area contributed by atoms with E-state index in [2.05, 4.69) is 0 Å². The van der Waals surface area contributed by atoms with Crippen molar-refractivity contribution in [3.05, 3.63) is 110 Å². The molecule has 4 aromatic rings. The second kappa shape index (κ2) is 8.57. The van der Waals surface area contributed by atoms with Gasteiger partial charge in [0.2, 0.25) is 5.76 Å². The lowest BCUT2D eigenvalue weighted by atomic mass is 9.84. The minimum absolute atomic E-state index is 0.0210. The number of anilines is 1. The van der Waals surface area contributed by atoms with Gasteiger partial charge in [-0.2, -0.15) is 0 Å². The van der Waals surface area contributed by atoms with Crippen LogP contribution >= 0.6 is 11.6 Å². The molecule has 3 aromatic carbocycles. The van der Waals surface area contributed by atoms with Crippen LogP contribution in [0.5, 0.6) is 0 Å². The fraction of sp³-hybridized carbons (Fsp3) is 0.207. The van der Waals surface area contributed by atoms with Crippen molar-refractivity contribution < 1.29 is 19.1 Å². The summed E-state index contributed by atoms with van der Waals surface area (Å²) < 4.78 is 6.04. The predicted molar refractivity (Wildman–Crippen MR) is 140 cm³/mol. The Morgan fingerprint density at radius 2 is 1.76 bits per heavy atom. The van der Waals surface area contributed by atoms with E-state index in [0.29, 0.717) is 21.7 Å². The molecule has 1 aromatic heterocycles. The number of aliphatic hydroxyl groups excluding tert-OH is 1. The molecule has 1 N–H and O–H groups in total. The summed E-state index contributed by atoms with van der Waals surface area (Å²) in [5, 5.41) is 10.4. The fourth-order valence-corrected chi connectivity index (χ4v) is 5.78. The number of para-hydroxylation sites is 1. The van der Waals surface area contributed by atoms with E-state index in [1.807, 2.05) is 31.2 Å². The summed E-state index contributed by atoms with van der Waals surface area (Å²) in [6, 6.07) is 19.6. The third kappa shape index (κ3) is 3.21. The lowest BCUT2D eigenvalue weighted by Gasteiger charge is -2.34. The molecule has 0 radical (unpaired) electrons. The van der Waals surface area contributed by atoms with Crippen molar-refractivity contribution >= 4 is 40.1 Å². The minimum Gasteiger partial charge on any atom is -0.450 e. The molecule has 0 aliphatic carbocycles. The van der Waals surface area contributed by atoms with E-state index in [-0.39, 0.29) is 43.0 Å². The Hall–Kier alpha value is -3.94. The van der Waals surface area contributed by atoms with Gasteiger partial charge in [0, 0.05) is 23.7 Å². The van der Waals surface area contributed by atoms with Gasteiger partial charge in [-0.25, -0.2) is 0 Å². The first-order valence-corrected chi connectivity index (χ1v) is 12.4. The molecule has 0 saturated heterocycles. The van der Waals surface area contributed by atoms with E-state index in [1.165, 1.54) is 4.90 Å². The molecule has 186 valence electrons. The number of hydrogen-bond donors (Lipinski definition) is 1. The van der Waals surface area contributed by atoms with Gasteiger partial charge in [-0.3, -0.25) is 14.4 Å². The number of fused-ring (bicyclic) bond motifs is 5. The highest BCUT2D eigenvalue weighted by Gasteiger charge is 2.64. The van der Waals surface area contributed by atoms with Gasteiger partial charge < -0.3 is 19.3 Å². The summed E-state index contributed by atoms with van der Waals surface area (Å²) >= 11 is 6.44. The van der Waals surface area contributed by atoms with Crippen LogP contribution < -0.4 is 10.3 Å². The first-order valence-electron chi connectivity index (χ1n) is 12.0. The molecule has 0 saturated carbocycles. The number of halogens is 1. The van der Waals surface area contributed by atoms with Gasteiger partial charge in [0.25, 0.3) is 11.8 Å². The van der Waals surface area contributed by atoms with Gasteiger partial charge in [-0.15, -0.1) is 0 Å². The van der Waals surface area contributed by atoms with Crippen molar-refractivity contribution in [1.29, 1.82) is 0 Å². The van der Waals surface area contributed by atoms with E-state index in [0.717, 1.165) is 11.1 Å². The molecule has 6 rings (SSSR count). The Balaban J connectivity index is 1.66. The van der Waals surface area contributed by atoms with E-state index < -0.39 is 22.8 Å². The molecule has 8 heteroatoms. The number of aliphatic hydroxyl groups is 1. The lowest BCUT2D eigenvalue weighted by molar-refractivity contribution is -0.126. The predicted octanol–water partition coefficient (Wildman–Crippen LogP) is 4.38. The number of carbonyl (C=O) groups is 2. The van der Waals surface area contributed by atoms with Gasteiger partial charge in [-0.1, -0.05) is 59.6 Å². The number of nitrogens with zero attached hydrogens (tertiary/aromatic N) is 2. The van der Waals surface area contributed by atoms with Crippen LogP contribution in [0.2, 0.25) is 5.02 Å². The monoisotopic (exact) mass is 514 g/mol. The van der Waals surface area contributed by atoms with Crippen LogP contribution in [0.3, 0.4) is 0 Å². The second-order valence-corrected chi connectivity index (χ2v) is 9.79. The molecular formula is C29H23ClN2O5. The summed E-state index contributed by atoms with van der Waals surface area (Å²) in [5.74, 6) is -1.12. The van der Waals surface area contributed by atoms with Crippen LogP contribution in [0.4, 0.5) is 5.69 Å². The molecule has 1 spiro atoms. The van der Waals surface area contributed by atoms with Crippen molar-refractivity contribution in [2.45, 2.75) is 25.4 Å². The second-order valence-electron chi connectivity index (χ2n) is 9.38. The molecule has 37 heavy (non-hydrogen) atoms. The molecule has 2 aliphatic heterocycles. The van der Waals surface area contributed by atoms with Crippen molar-refractivity contribution in [2.75, 3.05) is 18.1 Å². The maximum atomic E-state index is 14.6. The number of rotatable bonds is 5.